The number of ether oxygens (including phenoxy) is 1. The third kappa shape index (κ3) is 5.59. The Morgan fingerprint density at radius 2 is 2.00 bits per heavy atom. The summed E-state index contributed by atoms with van der Waals surface area (Å²) in [6, 6.07) is 6.64. The maximum absolute atomic E-state index is 12.8. The third-order valence-corrected chi connectivity index (χ3v) is 6.52. The number of sulfonamides is 1. The lowest BCUT2D eigenvalue weighted by Crippen LogP contribution is -2.51. The summed E-state index contributed by atoms with van der Waals surface area (Å²) in [5.41, 5.74) is -0.00711. The normalized spacial score (nSPS) is 18.8. The van der Waals surface area contributed by atoms with Crippen LogP contribution in [-0.4, -0.2) is 55.5 Å². The van der Waals surface area contributed by atoms with Gasteiger partial charge in [0.15, 0.2) is 0 Å². The number of carbonyl (C=O) groups excluding carboxylic acids is 1. The number of piperidine rings is 1. The van der Waals surface area contributed by atoms with E-state index < -0.39 is 21.7 Å². The number of benzene rings is 1. The van der Waals surface area contributed by atoms with Gasteiger partial charge >= 0.3 is 6.09 Å². The van der Waals surface area contributed by atoms with E-state index in [4.69, 9.17) is 16.3 Å². The van der Waals surface area contributed by atoms with Crippen LogP contribution in [0.25, 0.3) is 0 Å². The minimum atomic E-state index is -3.55. The van der Waals surface area contributed by atoms with Gasteiger partial charge in [-0.25, -0.2) is 13.2 Å². The fourth-order valence-electron chi connectivity index (χ4n) is 2.88. The molecule has 1 saturated heterocycles. The summed E-state index contributed by atoms with van der Waals surface area (Å²) in [4.78, 5) is 13.9. The minimum absolute atomic E-state index is 0.161. The molecule has 0 aromatic heterocycles. The molecule has 1 fully saturated rings. The van der Waals surface area contributed by atoms with Crippen molar-refractivity contribution in [3.8, 4) is 0 Å². The van der Waals surface area contributed by atoms with Crippen molar-refractivity contribution in [2.75, 3.05) is 20.1 Å². The lowest BCUT2D eigenvalue weighted by molar-refractivity contribution is 0.0163. The average molecular weight is 403 g/mol. The molecule has 0 unspecified atom stereocenters. The van der Waals surface area contributed by atoms with Crippen LogP contribution in [0.5, 0.6) is 0 Å². The van der Waals surface area contributed by atoms with Crippen LogP contribution in [0.3, 0.4) is 0 Å². The Hall–Kier alpha value is -1.31. The van der Waals surface area contributed by atoms with Crippen molar-refractivity contribution in [2.24, 2.45) is 0 Å². The fourth-order valence-corrected chi connectivity index (χ4v) is 4.64. The second kappa shape index (κ2) is 8.15. The van der Waals surface area contributed by atoms with Crippen LogP contribution >= 0.6 is 11.6 Å². The first-order valence-corrected chi connectivity index (χ1v) is 10.7. The van der Waals surface area contributed by atoms with E-state index in [1.807, 2.05) is 20.8 Å². The molecule has 6 nitrogen and oxygen atoms in total. The van der Waals surface area contributed by atoms with E-state index in [1.165, 1.54) is 4.31 Å². The Balaban J connectivity index is 2.07. The Morgan fingerprint density at radius 1 is 1.35 bits per heavy atom. The predicted octanol–water partition coefficient (Wildman–Crippen LogP) is 3.50. The van der Waals surface area contributed by atoms with Gasteiger partial charge in [0.1, 0.15) is 5.60 Å². The molecule has 26 heavy (non-hydrogen) atoms. The van der Waals surface area contributed by atoms with Gasteiger partial charge in [-0.3, -0.25) is 0 Å². The number of hydrogen-bond acceptors (Lipinski definition) is 4. The van der Waals surface area contributed by atoms with Crippen LogP contribution in [0, 0.1) is 0 Å². The van der Waals surface area contributed by atoms with E-state index in [2.05, 4.69) is 0 Å². The molecule has 1 aromatic carbocycles. The van der Waals surface area contributed by atoms with Crippen molar-refractivity contribution < 1.29 is 17.9 Å². The van der Waals surface area contributed by atoms with Gasteiger partial charge in [-0.15, -0.1) is 0 Å². The van der Waals surface area contributed by atoms with Crippen LogP contribution in [0.4, 0.5) is 4.79 Å². The largest absolute Gasteiger partial charge is 0.444 e. The molecular weight excluding hydrogens is 376 g/mol. The maximum atomic E-state index is 12.8. The molecule has 1 amide bonds. The molecule has 0 N–H and O–H groups in total. The first kappa shape index (κ1) is 21.0. The van der Waals surface area contributed by atoms with Gasteiger partial charge in [-0.2, -0.15) is 4.31 Å². The van der Waals surface area contributed by atoms with Gasteiger partial charge < -0.3 is 9.64 Å². The van der Waals surface area contributed by atoms with Crippen molar-refractivity contribution >= 4 is 27.7 Å². The number of carbonyl (C=O) groups is 1. The highest BCUT2D eigenvalue weighted by molar-refractivity contribution is 7.88. The highest BCUT2D eigenvalue weighted by atomic mass is 35.5. The Bertz CT molecular complexity index is 746. The Morgan fingerprint density at radius 3 is 2.62 bits per heavy atom. The van der Waals surface area contributed by atoms with Crippen molar-refractivity contribution in [1.29, 1.82) is 0 Å². The maximum Gasteiger partial charge on any atom is 0.410 e. The molecule has 2 rings (SSSR count). The molecule has 8 heteroatoms. The number of likely N-dealkylation sites (tertiary alicyclic amines) is 1. The second-order valence-corrected chi connectivity index (χ2v) is 10.0. The van der Waals surface area contributed by atoms with Crippen LogP contribution in [0.2, 0.25) is 5.02 Å². The molecule has 1 heterocycles. The molecule has 0 radical (unpaired) electrons. The van der Waals surface area contributed by atoms with Crippen LogP contribution in [-0.2, 0) is 20.5 Å². The SMILES string of the molecule is CN([C@@H]1CCCN(C(=O)OC(C)(C)C)C1)S(=O)(=O)Cc1ccccc1Cl. The lowest BCUT2D eigenvalue weighted by atomic mass is 10.1. The van der Waals surface area contributed by atoms with Crippen LogP contribution in [0.1, 0.15) is 39.2 Å². The van der Waals surface area contributed by atoms with E-state index in [9.17, 15) is 13.2 Å². The lowest BCUT2D eigenvalue weighted by Gasteiger charge is -2.37. The third-order valence-electron chi connectivity index (χ3n) is 4.30. The molecule has 1 aliphatic rings. The van der Waals surface area contributed by atoms with Crippen molar-refractivity contribution in [3.05, 3.63) is 34.9 Å². The summed E-state index contributed by atoms with van der Waals surface area (Å²) in [6.45, 7) is 6.34. The van der Waals surface area contributed by atoms with Gasteiger partial charge in [0.05, 0.1) is 5.75 Å². The quantitative estimate of drug-likeness (QED) is 0.772. The molecule has 0 bridgehead atoms. The number of rotatable bonds is 4. The fraction of sp³-hybridized carbons (Fsp3) is 0.611. The van der Waals surface area contributed by atoms with Crippen molar-refractivity contribution in [2.45, 2.75) is 51.0 Å². The van der Waals surface area contributed by atoms with Crippen molar-refractivity contribution in [3.63, 3.8) is 0 Å². The van der Waals surface area contributed by atoms with E-state index >= 15 is 0 Å². The number of hydrogen-bond donors (Lipinski definition) is 0. The number of likely N-dealkylation sites (N-methyl/N-ethyl adjacent to an activating group) is 1. The van der Waals surface area contributed by atoms with Crippen LogP contribution < -0.4 is 0 Å². The number of nitrogens with zero attached hydrogens (tertiary/aromatic N) is 2. The zero-order valence-corrected chi connectivity index (χ0v) is 17.3. The van der Waals surface area contributed by atoms with Crippen LogP contribution in [0.15, 0.2) is 24.3 Å². The standard InChI is InChI=1S/C18H27ClN2O4S/c1-18(2,3)25-17(22)21-11-7-9-15(12-21)20(4)26(23,24)13-14-8-5-6-10-16(14)19/h5-6,8,10,15H,7,9,11-13H2,1-4H3/t15-/m1/s1. The van der Waals surface area contributed by atoms with Gasteiger partial charge in [0, 0.05) is 31.2 Å². The Kier molecular flexibility index (Phi) is 6.58. The molecule has 0 aliphatic carbocycles. The molecule has 0 saturated carbocycles. The molecule has 1 aromatic rings. The Labute approximate surface area is 161 Å². The first-order chi connectivity index (χ1) is 12.0. The molecule has 0 spiro atoms. The van der Waals surface area contributed by atoms with E-state index in [1.54, 1.807) is 36.2 Å². The van der Waals surface area contributed by atoms with Crippen molar-refractivity contribution in [1.82, 2.24) is 9.21 Å². The first-order valence-electron chi connectivity index (χ1n) is 8.66. The summed E-state index contributed by atoms with van der Waals surface area (Å²) in [5.74, 6) is -0.161. The topological polar surface area (TPSA) is 66.9 Å². The van der Waals surface area contributed by atoms with E-state index in [0.717, 1.165) is 6.42 Å². The highest BCUT2D eigenvalue weighted by Crippen LogP contribution is 2.24. The molecule has 146 valence electrons. The predicted molar refractivity (Wildman–Crippen MR) is 103 cm³/mol. The van der Waals surface area contributed by atoms with E-state index in [-0.39, 0.29) is 11.8 Å². The van der Waals surface area contributed by atoms with Gasteiger partial charge in [-0.1, -0.05) is 29.8 Å². The highest BCUT2D eigenvalue weighted by Gasteiger charge is 2.33. The molecule has 1 aliphatic heterocycles. The smallest absolute Gasteiger partial charge is 0.410 e. The summed E-state index contributed by atoms with van der Waals surface area (Å²) in [5, 5.41) is 0.434. The summed E-state index contributed by atoms with van der Waals surface area (Å²) < 4.78 is 32.4. The molecule has 1 atom stereocenters. The van der Waals surface area contributed by atoms with E-state index in [0.29, 0.717) is 30.1 Å². The minimum Gasteiger partial charge on any atom is -0.444 e. The zero-order valence-electron chi connectivity index (χ0n) is 15.7. The average Bonchev–Trinajstić information content (AvgIpc) is 2.54. The zero-order chi connectivity index (χ0) is 19.5. The number of amides is 1. The summed E-state index contributed by atoms with van der Waals surface area (Å²) in [7, 11) is -1.98. The second-order valence-electron chi connectivity index (χ2n) is 7.59. The van der Waals surface area contributed by atoms with Gasteiger partial charge in [0.25, 0.3) is 0 Å². The molecular formula is C18H27ClN2O4S. The number of halogens is 1. The monoisotopic (exact) mass is 402 g/mol. The summed E-state index contributed by atoms with van der Waals surface area (Å²) >= 11 is 6.09. The van der Waals surface area contributed by atoms with Gasteiger partial charge in [-0.05, 0) is 45.2 Å². The summed E-state index contributed by atoms with van der Waals surface area (Å²) in [6.07, 6.45) is 1.03. The van der Waals surface area contributed by atoms with Gasteiger partial charge in [0.2, 0.25) is 10.0 Å².